The molecule has 1 saturated heterocycles. The van der Waals surface area contributed by atoms with Gasteiger partial charge in [0, 0.05) is 19.1 Å². The van der Waals surface area contributed by atoms with Crippen LogP contribution in [0.25, 0.3) is 0 Å². The van der Waals surface area contributed by atoms with E-state index in [1.54, 1.807) is 14.2 Å². The van der Waals surface area contributed by atoms with Crippen LogP contribution in [0.5, 0.6) is 11.5 Å². The molecule has 3 atom stereocenters. The summed E-state index contributed by atoms with van der Waals surface area (Å²) < 4.78 is 23.7. The van der Waals surface area contributed by atoms with Gasteiger partial charge < -0.3 is 14.6 Å². The number of aliphatic hydroxyl groups excluding tert-OH is 1. The lowest BCUT2D eigenvalue weighted by Crippen LogP contribution is -2.48. The van der Waals surface area contributed by atoms with Crippen LogP contribution >= 0.6 is 0 Å². The van der Waals surface area contributed by atoms with Crippen molar-refractivity contribution in [3.05, 3.63) is 23.3 Å². The number of hydrogen-bond donors (Lipinski definition) is 1. The molecule has 0 spiro atoms. The van der Waals surface area contributed by atoms with Gasteiger partial charge >= 0.3 is 0 Å². The van der Waals surface area contributed by atoms with Crippen molar-refractivity contribution in [1.82, 2.24) is 4.90 Å². The van der Waals surface area contributed by atoms with Crippen molar-refractivity contribution in [3.8, 4) is 11.5 Å². The zero-order valence-corrected chi connectivity index (χ0v) is 17.1. The monoisotopic (exact) mass is 379 g/mol. The van der Waals surface area contributed by atoms with Gasteiger partial charge in [0.25, 0.3) is 0 Å². The molecule has 1 aromatic carbocycles. The first-order chi connectivity index (χ1) is 12.9. The van der Waals surface area contributed by atoms with E-state index in [4.69, 9.17) is 9.47 Å². The SMILES string of the molecule is COc1cc2c(cc1OC)[C@H]1C[C@@H](O)[C@H](CCC(C)(C)CC[19F])CN1CC2. The van der Waals surface area contributed by atoms with Gasteiger partial charge in [0.1, 0.15) is 0 Å². The maximum absolute atomic E-state index is 12.7. The Bertz CT molecular complexity index is 649. The first kappa shape index (κ1) is 20.4. The van der Waals surface area contributed by atoms with E-state index in [1.807, 2.05) is 0 Å². The summed E-state index contributed by atoms with van der Waals surface area (Å²) in [5.74, 6) is 1.79. The summed E-state index contributed by atoms with van der Waals surface area (Å²) in [6, 6.07) is 4.41. The van der Waals surface area contributed by atoms with Crippen LogP contribution in [0, 0.1) is 11.3 Å². The van der Waals surface area contributed by atoms with Crippen LogP contribution < -0.4 is 9.47 Å². The number of nitrogens with zero attached hydrogens (tertiary/aromatic N) is 1. The van der Waals surface area contributed by atoms with Gasteiger partial charge in [-0.15, -0.1) is 0 Å². The minimum absolute atomic E-state index is 0.00371. The van der Waals surface area contributed by atoms with E-state index in [2.05, 4.69) is 30.9 Å². The maximum atomic E-state index is 12.7. The molecule has 0 bridgehead atoms. The lowest BCUT2D eigenvalue weighted by atomic mass is 9.76. The van der Waals surface area contributed by atoms with Gasteiger partial charge in [0.15, 0.2) is 11.5 Å². The quantitative estimate of drug-likeness (QED) is 0.773. The normalized spacial score (nSPS) is 25.6. The summed E-state index contributed by atoms with van der Waals surface area (Å²) in [7, 11) is 3.33. The predicted molar refractivity (Wildman–Crippen MR) is 105 cm³/mol. The molecule has 4 nitrogen and oxygen atoms in total. The van der Waals surface area contributed by atoms with Crippen LogP contribution in [0.3, 0.4) is 0 Å². The van der Waals surface area contributed by atoms with E-state index in [1.165, 1.54) is 11.1 Å². The van der Waals surface area contributed by atoms with Crippen molar-refractivity contribution >= 4 is 0 Å². The number of alkyl halides is 1. The second-order valence-corrected chi connectivity index (χ2v) is 8.87. The molecule has 27 heavy (non-hydrogen) atoms. The summed E-state index contributed by atoms with van der Waals surface area (Å²) >= 11 is 0. The Labute approximate surface area is 162 Å². The highest BCUT2D eigenvalue weighted by molar-refractivity contribution is 5.49. The van der Waals surface area contributed by atoms with Crippen molar-refractivity contribution in [2.24, 2.45) is 11.3 Å². The van der Waals surface area contributed by atoms with Gasteiger partial charge in [0.2, 0.25) is 0 Å². The third-order valence-electron chi connectivity index (χ3n) is 6.55. The van der Waals surface area contributed by atoms with Crippen LogP contribution in [0.1, 0.15) is 56.7 Å². The lowest BCUT2D eigenvalue weighted by Gasteiger charge is -2.46. The molecule has 1 N–H and O–H groups in total. The molecule has 0 amide bonds. The number of aliphatic hydroxyl groups is 1. The number of hydrogen-bond acceptors (Lipinski definition) is 4. The van der Waals surface area contributed by atoms with E-state index >= 15 is 0 Å². The van der Waals surface area contributed by atoms with Crippen molar-refractivity contribution in [2.45, 2.75) is 58.1 Å². The first-order valence-corrected chi connectivity index (χ1v) is 10.1. The molecule has 3 rings (SSSR count). The fourth-order valence-electron chi connectivity index (χ4n) is 4.66. The number of fused-ring (bicyclic) bond motifs is 3. The Morgan fingerprint density at radius 2 is 1.89 bits per heavy atom. The van der Waals surface area contributed by atoms with Crippen LogP contribution in [0.4, 0.5) is 4.39 Å². The summed E-state index contributed by atoms with van der Waals surface area (Å²) in [6.45, 7) is 5.90. The predicted octanol–water partition coefficient (Wildman–Crippen LogP) is 4.15. The van der Waals surface area contributed by atoms with Gasteiger partial charge in [-0.25, -0.2) is 0 Å². The highest BCUT2D eigenvalue weighted by atomic mass is 19.1. The van der Waals surface area contributed by atoms with E-state index in [0.29, 0.717) is 6.42 Å². The molecule has 5 heteroatoms. The molecule has 2 aliphatic heterocycles. The zero-order chi connectivity index (χ0) is 19.6. The smallest absolute Gasteiger partial charge is 0.161 e. The van der Waals surface area contributed by atoms with Gasteiger partial charge in [0.05, 0.1) is 27.0 Å². The number of rotatable bonds is 7. The minimum Gasteiger partial charge on any atom is -0.493 e. The fourth-order valence-corrected chi connectivity index (χ4v) is 4.66. The average Bonchev–Trinajstić information content (AvgIpc) is 2.65. The highest BCUT2D eigenvalue weighted by Crippen LogP contribution is 2.44. The highest BCUT2D eigenvalue weighted by Gasteiger charge is 2.39. The minimum atomic E-state index is -0.313. The Balaban J connectivity index is 1.72. The van der Waals surface area contributed by atoms with Crippen molar-refractivity contribution in [2.75, 3.05) is 34.0 Å². The fraction of sp³-hybridized carbons (Fsp3) is 0.727. The molecule has 0 saturated carbocycles. The standard InChI is InChI=1S/C22H34FNO3/c1-22(2,8-9-23)7-5-16-14-24-10-6-15-11-20(26-3)21(27-4)12-17(15)18(24)13-19(16)25/h11-12,16,18-19,25H,5-10,13-14H2,1-4H3/t16-,18-,19-/m1/s1/i23+0. The van der Waals surface area contributed by atoms with Gasteiger partial charge in [-0.2, -0.15) is 0 Å². The second-order valence-electron chi connectivity index (χ2n) is 8.87. The molecule has 0 radical (unpaired) electrons. The molecular weight excluding hydrogens is 345 g/mol. The van der Waals surface area contributed by atoms with Crippen LogP contribution in [0.2, 0.25) is 0 Å². The molecule has 2 aliphatic rings. The van der Waals surface area contributed by atoms with Gasteiger partial charge in [-0.05, 0) is 66.7 Å². The Kier molecular flexibility index (Phi) is 6.32. The van der Waals surface area contributed by atoms with Crippen LogP contribution in [0.15, 0.2) is 12.1 Å². The molecule has 1 fully saturated rings. The van der Waals surface area contributed by atoms with Crippen molar-refractivity contribution in [3.63, 3.8) is 0 Å². The maximum Gasteiger partial charge on any atom is 0.161 e. The van der Waals surface area contributed by atoms with Gasteiger partial charge in [-0.3, -0.25) is 9.29 Å². The third-order valence-corrected chi connectivity index (χ3v) is 6.55. The third kappa shape index (κ3) is 4.40. The number of methoxy groups -OCH3 is 2. The van der Waals surface area contributed by atoms with E-state index in [0.717, 1.165) is 50.3 Å². The lowest BCUT2D eigenvalue weighted by molar-refractivity contribution is -0.0191. The van der Waals surface area contributed by atoms with Crippen molar-refractivity contribution in [1.29, 1.82) is 0 Å². The number of halogens is 1. The van der Waals surface area contributed by atoms with Crippen LogP contribution in [-0.2, 0) is 6.42 Å². The Morgan fingerprint density at radius 1 is 1.19 bits per heavy atom. The zero-order valence-electron chi connectivity index (χ0n) is 17.1. The molecule has 0 aliphatic carbocycles. The van der Waals surface area contributed by atoms with E-state index < -0.39 is 0 Å². The van der Waals surface area contributed by atoms with Crippen molar-refractivity contribution < 1.29 is 19.0 Å². The van der Waals surface area contributed by atoms with E-state index in [-0.39, 0.29) is 30.2 Å². The second kappa shape index (κ2) is 8.36. The average molecular weight is 380 g/mol. The number of benzene rings is 1. The Morgan fingerprint density at radius 3 is 2.56 bits per heavy atom. The van der Waals surface area contributed by atoms with Crippen LogP contribution in [-0.4, -0.2) is 50.1 Å². The molecule has 152 valence electrons. The summed E-state index contributed by atoms with van der Waals surface area (Å²) in [5.41, 5.74) is 2.56. The largest absolute Gasteiger partial charge is 0.493 e. The molecule has 0 aromatic heterocycles. The van der Waals surface area contributed by atoms with Gasteiger partial charge in [-0.1, -0.05) is 13.8 Å². The summed E-state index contributed by atoms with van der Waals surface area (Å²) in [4.78, 5) is 2.51. The molecular formula is C22H34FNO3. The Hall–Kier alpha value is -1.33. The summed E-state index contributed by atoms with van der Waals surface area (Å²) in [5, 5.41) is 10.8. The number of piperidine rings is 1. The molecule has 0 unspecified atom stereocenters. The number of ether oxygens (including phenoxy) is 2. The first-order valence-electron chi connectivity index (χ1n) is 10.1. The molecule has 2 heterocycles. The molecule has 1 aromatic rings. The topological polar surface area (TPSA) is 41.9 Å². The van der Waals surface area contributed by atoms with E-state index in [9.17, 15) is 9.50 Å². The summed E-state index contributed by atoms with van der Waals surface area (Å²) in [6.07, 6.45) is 3.93.